The Morgan fingerprint density at radius 3 is 3.17 bits per heavy atom. The summed E-state index contributed by atoms with van der Waals surface area (Å²) in [5.74, 6) is 1.70. The molecule has 0 saturated carbocycles. The van der Waals surface area contributed by atoms with Crippen LogP contribution in [0.4, 0.5) is 0 Å². The van der Waals surface area contributed by atoms with Crippen LogP contribution in [0.25, 0.3) is 0 Å². The Hall–Kier alpha value is -0.610. The first-order chi connectivity index (χ1) is 8.81. The van der Waals surface area contributed by atoms with E-state index in [4.69, 9.17) is 4.74 Å². The highest BCUT2D eigenvalue weighted by molar-refractivity contribution is 5.76. The van der Waals surface area contributed by atoms with Crippen LogP contribution < -0.4 is 5.32 Å². The Bertz CT molecular complexity index is 308. The minimum atomic E-state index is 0.236. The number of piperidine rings is 1. The van der Waals surface area contributed by atoms with E-state index >= 15 is 0 Å². The third-order valence-corrected chi connectivity index (χ3v) is 4.74. The Morgan fingerprint density at radius 2 is 2.22 bits per heavy atom. The molecule has 3 saturated heterocycles. The number of carbonyl (C=O) groups excluding carboxylic acids is 1. The molecule has 18 heavy (non-hydrogen) atoms. The topological polar surface area (TPSA) is 41.6 Å². The van der Waals surface area contributed by atoms with Crippen molar-refractivity contribution in [1.82, 2.24) is 10.2 Å². The molecule has 4 heteroatoms. The van der Waals surface area contributed by atoms with E-state index in [0.29, 0.717) is 18.4 Å². The van der Waals surface area contributed by atoms with Crippen LogP contribution in [0.2, 0.25) is 0 Å². The van der Waals surface area contributed by atoms with E-state index < -0.39 is 0 Å². The fourth-order valence-corrected chi connectivity index (χ4v) is 3.65. The molecule has 3 fully saturated rings. The molecule has 0 bridgehead atoms. The van der Waals surface area contributed by atoms with Crippen LogP contribution in [0.3, 0.4) is 0 Å². The molecule has 0 aromatic rings. The monoisotopic (exact) mass is 252 g/mol. The molecular formula is C14H24N2O2. The molecule has 3 aliphatic heterocycles. The van der Waals surface area contributed by atoms with Crippen molar-refractivity contribution in [3.63, 3.8) is 0 Å². The zero-order valence-electron chi connectivity index (χ0n) is 11.1. The number of ether oxygens (including phenoxy) is 1. The van der Waals surface area contributed by atoms with Crippen molar-refractivity contribution >= 4 is 5.91 Å². The third kappa shape index (κ3) is 2.86. The van der Waals surface area contributed by atoms with Crippen molar-refractivity contribution in [2.45, 2.75) is 38.2 Å². The van der Waals surface area contributed by atoms with E-state index in [1.807, 2.05) is 0 Å². The van der Waals surface area contributed by atoms with Gasteiger partial charge in [-0.1, -0.05) is 0 Å². The van der Waals surface area contributed by atoms with E-state index in [-0.39, 0.29) is 5.91 Å². The summed E-state index contributed by atoms with van der Waals surface area (Å²) >= 11 is 0. The molecule has 1 amide bonds. The van der Waals surface area contributed by atoms with Crippen LogP contribution in [0.1, 0.15) is 32.1 Å². The molecule has 0 aromatic heterocycles. The van der Waals surface area contributed by atoms with Gasteiger partial charge in [0.2, 0.25) is 5.91 Å². The number of hydrogen-bond acceptors (Lipinski definition) is 3. The van der Waals surface area contributed by atoms with Crippen LogP contribution in [-0.4, -0.2) is 49.7 Å². The first kappa shape index (κ1) is 12.4. The van der Waals surface area contributed by atoms with Crippen molar-refractivity contribution in [2.75, 3.05) is 32.8 Å². The number of rotatable bonds is 2. The lowest BCUT2D eigenvalue weighted by molar-refractivity contribution is -0.120. The average molecular weight is 252 g/mol. The summed E-state index contributed by atoms with van der Waals surface area (Å²) in [6.07, 6.45) is 5.91. The second kappa shape index (κ2) is 5.57. The standard InChI is InChI=1S/C14H24N2O2/c17-14-2-1-11(3-6-15-14)9-16-7-4-13-12(10-16)5-8-18-13/h11-13H,1-10H2,(H,15,17)/t11?,12-,13+/m1/s1. The van der Waals surface area contributed by atoms with Gasteiger partial charge in [0.15, 0.2) is 0 Å². The van der Waals surface area contributed by atoms with E-state index in [9.17, 15) is 4.79 Å². The molecule has 102 valence electrons. The molecular weight excluding hydrogens is 228 g/mol. The minimum Gasteiger partial charge on any atom is -0.378 e. The number of carbonyl (C=O) groups is 1. The molecule has 3 atom stereocenters. The normalized spacial score (nSPS) is 38.0. The molecule has 3 rings (SSSR count). The number of fused-ring (bicyclic) bond motifs is 1. The van der Waals surface area contributed by atoms with Gasteiger partial charge in [-0.05, 0) is 31.6 Å². The maximum atomic E-state index is 11.3. The smallest absolute Gasteiger partial charge is 0.220 e. The number of amides is 1. The van der Waals surface area contributed by atoms with Gasteiger partial charge in [-0.2, -0.15) is 0 Å². The minimum absolute atomic E-state index is 0.236. The lowest BCUT2D eigenvalue weighted by Crippen LogP contribution is -2.43. The second-order valence-electron chi connectivity index (χ2n) is 6.05. The number of nitrogens with one attached hydrogen (secondary N) is 1. The Kier molecular flexibility index (Phi) is 3.85. The number of nitrogens with zero attached hydrogens (tertiary/aromatic N) is 1. The van der Waals surface area contributed by atoms with Crippen molar-refractivity contribution in [3.05, 3.63) is 0 Å². The van der Waals surface area contributed by atoms with Crippen molar-refractivity contribution in [2.24, 2.45) is 11.8 Å². The van der Waals surface area contributed by atoms with Crippen molar-refractivity contribution in [3.8, 4) is 0 Å². The summed E-state index contributed by atoms with van der Waals surface area (Å²) in [6.45, 7) is 5.40. The molecule has 3 heterocycles. The molecule has 1 unspecified atom stereocenters. The van der Waals surface area contributed by atoms with Gasteiger partial charge in [0, 0.05) is 45.1 Å². The lowest BCUT2D eigenvalue weighted by atomic mass is 9.92. The van der Waals surface area contributed by atoms with Crippen LogP contribution in [0.5, 0.6) is 0 Å². The predicted molar refractivity (Wildman–Crippen MR) is 69.3 cm³/mol. The highest BCUT2D eigenvalue weighted by Gasteiger charge is 2.34. The van der Waals surface area contributed by atoms with Crippen LogP contribution in [0, 0.1) is 11.8 Å². The average Bonchev–Trinajstić information content (AvgIpc) is 2.74. The Labute approximate surface area is 109 Å². The fourth-order valence-electron chi connectivity index (χ4n) is 3.65. The van der Waals surface area contributed by atoms with Gasteiger partial charge in [-0.3, -0.25) is 4.79 Å². The first-order valence-electron chi connectivity index (χ1n) is 7.42. The Morgan fingerprint density at radius 1 is 1.28 bits per heavy atom. The summed E-state index contributed by atoms with van der Waals surface area (Å²) < 4.78 is 5.75. The number of likely N-dealkylation sites (tertiary alicyclic amines) is 1. The van der Waals surface area contributed by atoms with Crippen LogP contribution in [0.15, 0.2) is 0 Å². The summed E-state index contributed by atoms with van der Waals surface area (Å²) in [5.41, 5.74) is 0. The summed E-state index contributed by atoms with van der Waals surface area (Å²) in [4.78, 5) is 13.9. The maximum Gasteiger partial charge on any atom is 0.220 e. The molecule has 0 aromatic carbocycles. The zero-order valence-corrected chi connectivity index (χ0v) is 11.1. The van der Waals surface area contributed by atoms with Gasteiger partial charge in [0.1, 0.15) is 0 Å². The molecule has 3 aliphatic rings. The van der Waals surface area contributed by atoms with Gasteiger partial charge >= 0.3 is 0 Å². The number of hydrogen-bond donors (Lipinski definition) is 1. The largest absolute Gasteiger partial charge is 0.378 e. The van der Waals surface area contributed by atoms with Gasteiger partial charge < -0.3 is 15.0 Å². The highest BCUT2D eigenvalue weighted by Crippen LogP contribution is 2.29. The molecule has 0 spiro atoms. The van der Waals surface area contributed by atoms with Gasteiger partial charge in [0.25, 0.3) is 0 Å². The SMILES string of the molecule is O=C1CCC(CN2CC[C@@H]3OCC[C@@H]3C2)CCN1. The Balaban J connectivity index is 1.48. The first-order valence-corrected chi connectivity index (χ1v) is 7.42. The molecule has 0 aliphatic carbocycles. The van der Waals surface area contributed by atoms with Crippen molar-refractivity contribution < 1.29 is 9.53 Å². The van der Waals surface area contributed by atoms with Gasteiger partial charge in [0.05, 0.1) is 6.10 Å². The van der Waals surface area contributed by atoms with Gasteiger partial charge in [-0.25, -0.2) is 0 Å². The van der Waals surface area contributed by atoms with E-state index in [0.717, 1.165) is 31.9 Å². The predicted octanol–water partition coefficient (Wildman–Crippen LogP) is 1.01. The molecule has 0 radical (unpaired) electrons. The summed E-state index contributed by atoms with van der Waals surface area (Å²) in [6, 6.07) is 0. The van der Waals surface area contributed by atoms with Crippen molar-refractivity contribution in [1.29, 1.82) is 0 Å². The molecule has 4 nitrogen and oxygen atoms in total. The molecule has 1 N–H and O–H groups in total. The maximum absolute atomic E-state index is 11.3. The fraction of sp³-hybridized carbons (Fsp3) is 0.929. The lowest BCUT2D eigenvalue weighted by Gasteiger charge is -2.36. The van der Waals surface area contributed by atoms with Crippen LogP contribution >= 0.6 is 0 Å². The second-order valence-corrected chi connectivity index (χ2v) is 6.05. The van der Waals surface area contributed by atoms with E-state index in [1.54, 1.807) is 0 Å². The van der Waals surface area contributed by atoms with E-state index in [2.05, 4.69) is 10.2 Å². The van der Waals surface area contributed by atoms with Crippen LogP contribution in [-0.2, 0) is 9.53 Å². The third-order valence-electron chi connectivity index (χ3n) is 4.74. The quantitative estimate of drug-likeness (QED) is 0.797. The zero-order chi connectivity index (χ0) is 12.4. The highest BCUT2D eigenvalue weighted by atomic mass is 16.5. The summed E-state index contributed by atoms with van der Waals surface area (Å²) in [5, 5.41) is 2.97. The van der Waals surface area contributed by atoms with E-state index in [1.165, 1.54) is 32.5 Å². The van der Waals surface area contributed by atoms with Gasteiger partial charge in [-0.15, -0.1) is 0 Å². The summed E-state index contributed by atoms with van der Waals surface area (Å²) in [7, 11) is 0.